The van der Waals surface area contributed by atoms with E-state index in [0.29, 0.717) is 24.8 Å². The van der Waals surface area contributed by atoms with Crippen LogP contribution >= 0.6 is 19.8 Å². The first kappa shape index (κ1) is 26.8. The van der Waals surface area contributed by atoms with Crippen LogP contribution in [0.15, 0.2) is 0 Å². The van der Waals surface area contributed by atoms with Gasteiger partial charge in [0.15, 0.2) is 0 Å². The number of halogens is 1. The molecule has 1 aliphatic carbocycles. The molecule has 0 spiro atoms. The Labute approximate surface area is 159 Å². The van der Waals surface area contributed by atoms with E-state index in [4.69, 9.17) is 4.65 Å². The zero-order valence-corrected chi connectivity index (χ0v) is 21.4. The third kappa shape index (κ3) is 14.8. The van der Waals surface area contributed by atoms with Crippen LogP contribution in [0.2, 0.25) is 6.32 Å². The molecule has 3 nitrogen and oxygen atoms in total. The predicted octanol–water partition coefficient (Wildman–Crippen LogP) is 3.70. The van der Waals surface area contributed by atoms with Gasteiger partial charge in [-0.25, -0.2) is 0 Å². The quantitative estimate of drug-likeness (QED) is 0.304. The van der Waals surface area contributed by atoms with Crippen molar-refractivity contribution in [3.8, 4) is 0 Å². The molecule has 1 aliphatic rings. The molecular weight excluding hydrogens is 473 g/mol. The zero-order valence-electron chi connectivity index (χ0n) is 13.4. The zero-order chi connectivity index (χ0) is 15.3. The Kier molecular flexibility index (Phi) is 23.2. The van der Waals surface area contributed by atoms with Gasteiger partial charge in [0.2, 0.25) is 0 Å². The van der Waals surface area contributed by atoms with Gasteiger partial charge in [-0.15, -0.1) is 0 Å². The van der Waals surface area contributed by atoms with E-state index in [9.17, 15) is 10.0 Å². The summed E-state index contributed by atoms with van der Waals surface area (Å²) in [4.78, 5) is 0. The summed E-state index contributed by atoms with van der Waals surface area (Å²) in [7, 11) is 0. The molecule has 7 heteroatoms. The Balaban J connectivity index is -0.000000529. The van der Waals surface area contributed by atoms with Crippen LogP contribution in [0.4, 0.5) is 0 Å². The summed E-state index contributed by atoms with van der Waals surface area (Å²) >= 11 is 3.62. The fourth-order valence-corrected chi connectivity index (χ4v) is 1.89. The van der Waals surface area contributed by atoms with Crippen molar-refractivity contribution < 1.29 is 49.0 Å². The van der Waals surface area contributed by atoms with Crippen molar-refractivity contribution in [2.45, 2.75) is 52.8 Å². The summed E-state index contributed by atoms with van der Waals surface area (Å²) in [5.74, 6) is 1.10. The van der Waals surface area contributed by atoms with E-state index in [1.165, 1.54) is 27.6 Å². The Morgan fingerprint density at radius 3 is 2.20 bits per heavy atom. The monoisotopic (exact) mass is 498 g/mol. The molecule has 0 saturated heterocycles. The summed E-state index contributed by atoms with van der Waals surface area (Å²) in [6.45, 7) is 7.12. The second-order valence-electron chi connectivity index (χ2n) is 4.64. The van der Waals surface area contributed by atoms with Crippen LogP contribution in [-0.2, 0) is 38.9 Å². The first-order valence-electron chi connectivity index (χ1n) is 7.15. The van der Waals surface area contributed by atoms with Gasteiger partial charge in [0.25, 0.3) is 0 Å². The number of unbranched alkanes of at least 4 members (excludes halogenated alkanes) is 1. The Morgan fingerprint density at radius 1 is 1.20 bits per heavy atom. The van der Waals surface area contributed by atoms with Crippen molar-refractivity contribution in [1.29, 1.82) is 0 Å². The molecule has 20 heavy (non-hydrogen) atoms. The molecule has 0 radical (unpaired) electrons. The van der Waals surface area contributed by atoms with Gasteiger partial charge in [0, 0.05) is 0 Å². The van der Waals surface area contributed by atoms with Crippen molar-refractivity contribution in [2.24, 2.45) is 11.8 Å². The van der Waals surface area contributed by atoms with E-state index < -0.39 is 6.75 Å². The molecule has 0 aromatic rings. The van der Waals surface area contributed by atoms with Gasteiger partial charge in [-0.1, -0.05) is 45.9 Å². The fraction of sp³-hybridized carbons (Fsp3) is 0.846. The molecule has 0 aromatic heterocycles. The molecule has 1 fully saturated rings. The molecule has 0 bridgehead atoms. The van der Waals surface area contributed by atoms with E-state index in [2.05, 4.69) is 40.0 Å². The second kappa shape index (κ2) is 17.3. The van der Waals surface area contributed by atoms with Gasteiger partial charge in [-0.2, -0.15) is 18.8 Å². The van der Waals surface area contributed by atoms with Crippen molar-refractivity contribution in [3.05, 3.63) is 13.3 Å². The molecule has 0 aliphatic heterocycles. The topological polar surface area (TPSA) is 49.7 Å². The van der Waals surface area contributed by atoms with Crippen LogP contribution in [0.3, 0.4) is 0 Å². The van der Waals surface area contributed by atoms with E-state index in [0.717, 1.165) is 12.8 Å². The molecule has 0 amide bonds. The van der Waals surface area contributed by atoms with Gasteiger partial charge in [-0.05, 0) is 6.61 Å². The summed E-state index contributed by atoms with van der Waals surface area (Å²) in [5, 5.41) is 19.0. The van der Waals surface area contributed by atoms with Crippen LogP contribution in [0.25, 0.3) is 0 Å². The molecule has 112 valence electrons. The predicted molar refractivity (Wildman–Crippen MR) is 87.1 cm³/mol. The maximum atomic E-state index is 9.52. The summed E-state index contributed by atoms with van der Waals surface area (Å²) < 4.78 is 5.17. The van der Waals surface area contributed by atoms with Crippen LogP contribution < -0.4 is 0 Å². The van der Waals surface area contributed by atoms with Gasteiger partial charge in [0.05, 0.1) is 0 Å². The second-order valence-corrected chi connectivity index (χ2v) is 4.64. The molecule has 2 N–H and O–H groups in total. The minimum atomic E-state index is -2.55. The molecule has 1 saturated carbocycles. The average Bonchev–Trinajstić information content (AvgIpc) is 3.18. The standard InChI is InChI=1S/C11H23BO3.C2H5.HI.2Zn/c1-3-5-7-12(13,14)15-9-11-8-10(11)6-4-2;1-2;;;/h8,10-11,13-14H,3-7,9H2,1-2H3;1H2,2H3;1H;;/q-2;-1;;2*+2/p-1/t10-,11-;;;;/m1..../s1. The van der Waals surface area contributed by atoms with Gasteiger partial charge in [-0.3, -0.25) is 0 Å². The minimum absolute atomic E-state index is 0. The van der Waals surface area contributed by atoms with E-state index in [1.54, 1.807) is 6.92 Å². The Morgan fingerprint density at radius 2 is 1.75 bits per heavy atom. The molecular formula is C13H28BIO3Zn2. The molecule has 1 rings (SSSR count). The third-order valence-corrected chi connectivity index (χ3v) is 3.01. The normalized spacial score (nSPS) is 19.9. The van der Waals surface area contributed by atoms with Crippen molar-refractivity contribution in [2.75, 3.05) is 6.61 Å². The summed E-state index contributed by atoms with van der Waals surface area (Å²) in [5.41, 5.74) is 0. The van der Waals surface area contributed by atoms with Crippen molar-refractivity contribution >= 4 is 26.5 Å². The van der Waals surface area contributed by atoms with Gasteiger partial charge in [0.1, 0.15) is 0 Å². The van der Waals surface area contributed by atoms with Crippen LogP contribution in [0, 0.1) is 25.2 Å². The van der Waals surface area contributed by atoms with Crippen LogP contribution in [0.5, 0.6) is 0 Å². The van der Waals surface area contributed by atoms with Crippen LogP contribution in [-0.4, -0.2) is 23.4 Å². The molecule has 2 atom stereocenters. The Hall–Kier alpha value is 1.92. The van der Waals surface area contributed by atoms with Gasteiger partial charge >= 0.3 is 60.8 Å². The molecule has 0 aromatic carbocycles. The fourth-order valence-electron chi connectivity index (χ4n) is 1.89. The van der Waals surface area contributed by atoms with Crippen LogP contribution in [0.1, 0.15) is 46.5 Å². The van der Waals surface area contributed by atoms with Crippen molar-refractivity contribution in [1.82, 2.24) is 0 Å². The maximum absolute atomic E-state index is 9.52. The Bertz CT molecular complexity index is 200. The number of hydrogen-bond acceptors (Lipinski definition) is 3. The van der Waals surface area contributed by atoms with Crippen molar-refractivity contribution in [3.63, 3.8) is 0 Å². The first-order valence-corrected chi connectivity index (χ1v) is 16.2. The SMILES string of the molecule is CCCC[B-](O)(O)OC[C@H]1[CH-][C@H]1CCC.[CH2-]C.[Zn+2].[Zn+][I]. The van der Waals surface area contributed by atoms with E-state index in [1.807, 2.05) is 6.92 Å². The summed E-state index contributed by atoms with van der Waals surface area (Å²) in [6, 6.07) is 0. The first-order chi connectivity index (χ1) is 9.09. The summed E-state index contributed by atoms with van der Waals surface area (Å²) in [6.07, 6.45) is 6.74. The van der Waals surface area contributed by atoms with Gasteiger partial charge < -0.3 is 28.0 Å². The molecule has 0 heterocycles. The van der Waals surface area contributed by atoms with E-state index in [-0.39, 0.29) is 19.5 Å². The third-order valence-electron chi connectivity index (χ3n) is 3.01. The number of rotatable bonds is 8. The van der Waals surface area contributed by atoms with E-state index >= 15 is 0 Å². The molecule has 0 unspecified atom stereocenters. The average molecular weight is 501 g/mol. The number of hydrogen-bond donors (Lipinski definition) is 2.